The first-order valence-electron chi connectivity index (χ1n) is 6.25. The molecule has 1 fully saturated rings. The van der Waals surface area contributed by atoms with Crippen LogP contribution in [0.5, 0.6) is 0 Å². The highest BCUT2D eigenvalue weighted by molar-refractivity contribution is 5.71. The summed E-state index contributed by atoms with van der Waals surface area (Å²) in [6.45, 7) is 8.21. The monoisotopic (exact) mass is 225 g/mol. The van der Waals surface area contributed by atoms with Crippen LogP contribution >= 0.6 is 0 Å². The minimum absolute atomic E-state index is 0.123. The summed E-state index contributed by atoms with van der Waals surface area (Å²) in [6.07, 6.45) is 7.14. The lowest BCUT2D eigenvalue weighted by Crippen LogP contribution is -2.34. The van der Waals surface area contributed by atoms with Gasteiger partial charge in [0.05, 0.1) is 13.2 Å². The Morgan fingerprint density at radius 3 is 2.75 bits per heavy atom. The summed E-state index contributed by atoms with van der Waals surface area (Å²) >= 11 is 0. The zero-order valence-electron chi connectivity index (χ0n) is 10.3. The van der Waals surface area contributed by atoms with Crippen molar-refractivity contribution in [3.63, 3.8) is 0 Å². The van der Waals surface area contributed by atoms with E-state index in [1.807, 2.05) is 13.0 Å². The minimum Gasteiger partial charge on any atom is -0.465 e. The zero-order valence-corrected chi connectivity index (χ0v) is 10.3. The highest BCUT2D eigenvalue weighted by Crippen LogP contribution is 2.25. The van der Waals surface area contributed by atoms with Crippen molar-refractivity contribution in [2.45, 2.75) is 32.6 Å². The van der Waals surface area contributed by atoms with E-state index >= 15 is 0 Å². The van der Waals surface area contributed by atoms with Gasteiger partial charge < -0.3 is 4.74 Å². The molecular weight excluding hydrogens is 202 g/mol. The second-order valence-corrected chi connectivity index (χ2v) is 4.44. The van der Waals surface area contributed by atoms with Crippen LogP contribution in [0.1, 0.15) is 32.6 Å². The predicted molar refractivity (Wildman–Crippen MR) is 65.2 cm³/mol. The van der Waals surface area contributed by atoms with E-state index in [1.54, 1.807) is 0 Å². The molecule has 3 heteroatoms. The average Bonchev–Trinajstić information content (AvgIpc) is 2.71. The third kappa shape index (κ3) is 4.79. The number of esters is 1. The molecule has 0 atom stereocenters. The fraction of sp³-hybridized carbons (Fsp3) is 0.769. The van der Waals surface area contributed by atoms with Crippen molar-refractivity contribution in [3.8, 4) is 0 Å². The van der Waals surface area contributed by atoms with Crippen LogP contribution in [-0.4, -0.2) is 37.1 Å². The molecule has 0 aromatic heterocycles. The molecule has 1 rings (SSSR count). The third-order valence-electron chi connectivity index (χ3n) is 3.04. The summed E-state index contributed by atoms with van der Waals surface area (Å²) in [5, 5.41) is 0. The largest absolute Gasteiger partial charge is 0.465 e. The lowest BCUT2D eigenvalue weighted by Gasteiger charge is -2.22. The van der Waals surface area contributed by atoms with Gasteiger partial charge in [0.15, 0.2) is 0 Å². The Kier molecular flexibility index (Phi) is 6.16. The standard InChI is InChI=1S/C13H23NO2/c1-3-9-14(11-13(15)16-4-2)10-12-7-5-6-8-12/h3,12H,1,4-11H2,2H3. The van der Waals surface area contributed by atoms with E-state index in [0.29, 0.717) is 13.2 Å². The molecule has 3 nitrogen and oxygen atoms in total. The van der Waals surface area contributed by atoms with E-state index in [1.165, 1.54) is 25.7 Å². The van der Waals surface area contributed by atoms with Gasteiger partial charge >= 0.3 is 5.97 Å². The van der Waals surface area contributed by atoms with Crippen molar-refractivity contribution in [2.75, 3.05) is 26.2 Å². The molecule has 0 aromatic carbocycles. The lowest BCUT2D eigenvalue weighted by molar-refractivity contribution is -0.144. The Hall–Kier alpha value is -0.830. The molecule has 92 valence electrons. The number of ether oxygens (including phenoxy) is 1. The molecule has 0 saturated heterocycles. The van der Waals surface area contributed by atoms with Crippen molar-refractivity contribution in [1.82, 2.24) is 4.90 Å². The molecule has 0 aliphatic heterocycles. The minimum atomic E-state index is -0.123. The summed E-state index contributed by atoms with van der Waals surface area (Å²) < 4.78 is 4.97. The van der Waals surface area contributed by atoms with Gasteiger partial charge in [0.1, 0.15) is 0 Å². The molecule has 1 aliphatic carbocycles. The maximum Gasteiger partial charge on any atom is 0.320 e. The smallest absolute Gasteiger partial charge is 0.320 e. The molecule has 0 N–H and O–H groups in total. The Labute approximate surface area is 98.5 Å². The summed E-state index contributed by atoms with van der Waals surface area (Å²) in [6, 6.07) is 0. The van der Waals surface area contributed by atoms with Gasteiger partial charge in [-0.15, -0.1) is 6.58 Å². The Morgan fingerprint density at radius 2 is 2.19 bits per heavy atom. The SMILES string of the molecule is C=CCN(CC(=O)OCC)CC1CCCC1. The van der Waals surface area contributed by atoms with Crippen LogP contribution in [0.3, 0.4) is 0 Å². The van der Waals surface area contributed by atoms with Crippen molar-refractivity contribution < 1.29 is 9.53 Å². The molecule has 0 unspecified atom stereocenters. The number of carbonyl (C=O) groups is 1. The Bertz CT molecular complexity index is 222. The molecule has 0 heterocycles. The molecule has 0 bridgehead atoms. The van der Waals surface area contributed by atoms with Crippen LogP contribution < -0.4 is 0 Å². The third-order valence-corrected chi connectivity index (χ3v) is 3.04. The lowest BCUT2D eigenvalue weighted by atomic mass is 10.1. The van der Waals surface area contributed by atoms with Crippen LogP contribution in [0.2, 0.25) is 0 Å². The van der Waals surface area contributed by atoms with Crippen LogP contribution in [-0.2, 0) is 9.53 Å². The van der Waals surface area contributed by atoms with E-state index in [9.17, 15) is 4.79 Å². The van der Waals surface area contributed by atoms with Gasteiger partial charge in [-0.05, 0) is 25.7 Å². The highest BCUT2D eigenvalue weighted by atomic mass is 16.5. The summed E-state index contributed by atoms with van der Waals surface area (Å²) in [7, 11) is 0. The van der Waals surface area contributed by atoms with Crippen molar-refractivity contribution >= 4 is 5.97 Å². The second-order valence-electron chi connectivity index (χ2n) is 4.44. The van der Waals surface area contributed by atoms with Gasteiger partial charge in [0.25, 0.3) is 0 Å². The Balaban J connectivity index is 2.33. The molecule has 0 aromatic rings. The van der Waals surface area contributed by atoms with E-state index in [2.05, 4.69) is 11.5 Å². The maximum absolute atomic E-state index is 11.4. The van der Waals surface area contributed by atoms with Gasteiger partial charge in [0.2, 0.25) is 0 Å². The van der Waals surface area contributed by atoms with Gasteiger partial charge in [-0.3, -0.25) is 9.69 Å². The van der Waals surface area contributed by atoms with Gasteiger partial charge in [-0.25, -0.2) is 0 Å². The van der Waals surface area contributed by atoms with Crippen LogP contribution in [0.25, 0.3) is 0 Å². The molecular formula is C13H23NO2. The molecule has 16 heavy (non-hydrogen) atoms. The fourth-order valence-electron chi connectivity index (χ4n) is 2.33. The van der Waals surface area contributed by atoms with Crippen molar-refractivity contribution in [2.24, 2.45) is 5.92 Å². The molecule has 1 aliphatic rings. The van der Waals surface area contributed by atoms with E-state index in [4.69, 9.17) is 4.74 Å². The quantitative estimate of drug-likeness (QED) is 0.491. The summed E-state index contributed by atoms with van der Waals surface area (Å²) in [5.74, 6) is 0.636. The molecule has 0 radical (unpaired) electrons. The first kappa shape index (κ1) is 13.2. The zero-order chi connectivity index (χ0) is 11.8. The van der Waals surface area contributed by atoms with Gasteiger partial charge in [0, 0.05) is 13.1 Å². The first-order valence-corrected chi connectivity index (χ1v) is 6.25. The van der Waals surface area contributed by atoms with Crippen LogP contribution in [0, 0.1) is 5.92 Å². The average molecular weight is 225 g/mol. The maximum atomic E-state index is 11.4. The first-order chi connectivity index (χ1) is 7.76. The number of hydrogen-bond donors (Lipinski definition) is 0. The number of rotatable bonds is 7. The van der Waals surface area contributed by atoms with Crippen LogP contribution in [0.15, 0.2) is 12.7 Å². The second kappa shape index (κ2) is 7.44. The fourth-order valence-corrected chi connectivity index (χ4v) is 2.33. The Morgan fingerprint density at radius 1 is 1.50 bits per heavy atom. The van der Waals surface area contributed by atoms with E-state index in [0.717, 1.165) is 19.0 Å². The highest BCUT2D eigenvalue weighted by Gasteiger charge is 2.19. The van der Waals surface area contributed by atoms with Crippen molar-refractivity contribution in [3.05, 3.63) is 12.7 Å². The molecule has 1 saturated carbocycles. The van der Waals surface area contributed by atoms with Gasteiger partial charge in [-0.1, -0.05) is 18.9 Å². The van der Waals surface area contributed by atoms with E-state index in [-0.39, 0.29) is 5.97 Å². The van der Waals surface area contributed by atoms with Gasteiger partial charge in [-0.2, -0.15) is 0 Å². The molecule has 0 spiro atoms. The number of hydrogen-bond acceptors (Lipinski definition) is 3. The predicted octanol–water partition coefficient (Wildman–Crippen LogP) is 2.23. The summed E-state index contributed by atoms with van der Waals surface area (Å²) in [5.41, 5.74) is 0. The summed E-state index contributed by atoms with van der Waals surface area (Å²) in [4.78, 5) is 13.5. The normalized spacial score (nSPS) is 16.6. The van der Waals surface area contributed by atoms with Crippen LogP contribution in [0.4, 0.5) is 0 Å². The topological polar surface area (TPSA) is 29.5 Å². The number of nitrogens with zero attached hydrogens (tertiary/aromatic N) is 1. The molecule has 0 amide bonds. The van der Waals surface area contributed by atoms with E-state index < -0.39 is 0 Å². The number of carbonyl (C=O) groups excluding carboxylic acids is 1. The van der Waals surface area contributed by atoms with Crippen molar-refractivity contribution in [1.29, 1.82) is 0 Å².